The lowest BCUT2D eigenvalue weighted by atomic mass is 9.86. The second kappa shape index (κ2) is 4.48. The molecule has 0 unspecified atom stereocenters. The third-order valence-corrected chi connectivity index (χ3v) is 3.66. The van der Waals surface area contributed by atoms with Gasteiger partial charge in [-0.25, -0.2) is 4.98 Å². The Bertz CT molecular complexity index is 743. The second-order valence-corrected chi connectivity index (χ2v) is 6.42. The highest BCUT2D eigenvalue weighted by molar-refractivity contribution is 5.63. The van der Waals surface area contributed by atoms with E-state index in [1.807, 2.05) is 0 Å². The van der Waals surface area contributed by atoms with E-state index in [9.17, 15) is 0 Å². The number of fused-ring (bicyclic) bond motifs is 1. The van der Waals surface area contributed by atoms with Crippen LogP contribution in [0.25, 0.3) is 16.9 Å². The Morgan fingerprint density at radius 2 is 1.70 bits per heavy atom. The highest BCUT2D eigenvalue weighted by Gasteiger charge is 2.13. The van der Waals surface area contributed by atoms with E-state index in [0.717, 1.165) is 11.3 Å². The molecule has 2 aromatic heterocycles. The fourth-order valence-corrected chi connectivity index (χ4v) is 2.36. The minimum Gasteiger partial charge on any atom is -0.306 e. The van der Waals surface area contributed by atoms with Gasteiger partial charge in [0, 0.05) is 18.0 Å². The predicted molar refractivity (Wildman–Crippen MR) is 84.1 cm³/mol. The van der Waals surface area contributed by atoms with Gasteiger partial charge in [-0.15, -0.1) is 0 Å². The maximum atomic E-state index is 4.70. The lowest BCUT2D eigenvalue weighted by Crippen LogP contribution is -2.10. The lowest BCUT2D eigenvalue weighted by molar-refractivity contribution is 0.590. The summed E-state index contributed by atoms with van der Waals surface area (Å²) in [4.78, 5) is 4.70. The number of benzene rings is 1. The molecule has 1 aromatic carbocycles. The number of hydrogen-bond donors (Lipinski definition) is 0. The van der Waals surface area contributed by atoms with Gasteiger partial charge in [-0.3, -0.25) is 0 Å². The maximum Gasteiger partial charge on any atom is 0.137 e. The minimum atomic E-state index is 0.189. The van der Waals surface area contributed by atoms with Gasteiger partial charge in [-0.05, 0) is 35.6 Å². The van der Waals surface area contributed by atoms with Gasteiger partial charge in [0.2, 0.25) is 0 Å². The molecule has 0 radical (unpaired) electrons. The van der Waals surface area contributed by atoms with E-state index in [2.05, 4.69) is 80.9 Å². The molecular weight excluding hydrogens is 244 g/mol. The maximum absolute atomic E-state index is 4.70. The first-order chi connectivity index (χ1) is 9.43. The average Bonchev–Trinajstić information content (AvgIpc) is 2.80. The number of hydrogen-bond acceptors (Lipinski definition) is 1. The number of aryl methyl sites for hydroxylation is 1. The zero-order chi connectivity index (χ0) is 14.3. The van der Waals surface area contributed by atoms with E-state index in [0.29, 0.717) is 0 Å². The number of nitrogens with zero attached hydrogens (tertiary/aromatic N) is 2. The summed E-state index contributed by atoms with van der Waals surface area (Å²) < 4.78 is 2.07. The van der Waals surface area contributed by atoms with Gasteiger partial charge in [-0.2, -0.15) is 0 Å². The largest absolute Gasteiger partial charge is 0.306 e. The van der Waals surface area contributed by atoms with Crippen LogP contribution in [-0.4, -0.2) is 9.38 Å². The predicted octanol–water partition coefficient (Wildman–Crippen LogP) is 4.61. The van der Waals surface area contributed by atoms with E-state index >= 15 is 0 Å². The summed E-state index contributed by atoms with van der Waals surface area (Å²) in [6.07, 6.45) is 4.14. The Hall–Kier alpha value is -2.09. The summed E-state index contributed by atoms with van der Waals surface area (Å²) in [7, 11) is 0. The first-order valence-corrected chi connectivity index (χ1v) is 7.00. The van der Waals surface area contributed by atoms with Crippen LogP contribution in [0, 0.1) is 6.92 Å². The Morgan fingerprint density at radius 1 is 1.00 bits per heavy atom. The molecule has 2 heteroatoms. The van der Waals surface area contributed by atoms with E-state index in [-0.39, 0.29) is 5.41 Å². The smallest absolute Gasteiger partial charge is 0.137 e. The van der Waals surface area contributed by atoms with Crippen molar-refractivity contribution in [2.24, 2.45) is 0 Å². The van der Waals surface area contributed by atoms with Crippen molar-refractivity contribution >= 4 is 5.65 Å². The van der Waals surface area contributed by atoms with Crippen molar-refractivity contribution in [3.63, 3.8) is 0 Å². The van der Waals surface area contributed by atoms with Gasteiger partial charge in [0.05, 0.1) is 5.69 Å². The zero-order valence-corrected chi connectivity index (χ0v) is 12.5. The van der Waals surface area contributed by atoms with Crippen molar-refractivity contribution in [2.75, 3.05) is 0 Å². The molecule has 0 amide bonds. The summed E-state index contributed by atoms with van der Waals surface area (Å²) in [5.41, 5.74) is 5.96. The number of pyridine rings is 1. The summed E-state index contributed by atoms with van der Waals surface area (Å²) in [5, 5.41) is 0. The minimum absolute atomic E-state index is 0.189. The average molecular weight is 264 g/mol. The van der Waals surface area contributed by atoms with Gasteiger partial charge in [-0.1, -0.05) is 45.0 Å². The molecule has 0 aliphatic rings. The fraction of sp³-hybridized carbons (Fsp3) is 0.278. The molecule has 0 atom stereocenters. The molecular formula is C18H20N2. The molecule has 0 fully saturated rings. The SMILES string of the molecule is Cc1ccn2cc(-c3ccc(C(C)(C)C)cc3)nc2c1. The fourth-order valence-electron chi connectivity index (χ4n) is 2.36. The highest BCUT2D eigenvalue weighted by Crippen LogP contribution is 2.26. The summed E-state index contributed by atoms with van der Waals surface area (Å²) in [6.45, 7) is 8.79. The van der Waals surface area contributed by atoms with E-state index in [1.165, 1.54) is 16.7 Å². The third kappa shape index (κ3) is 2.34. The van der Waals surface area contributed by atoms with Crippen LogP contribution in [0.4, 0.5) is 0 Å². The summed E-state index contributed by atoms with van der Waals surface area (Å²) in [5.74, 6) is 0. The standard InChI is InChI=1S/C18H20N2/c1-13-9-10-20-12-16(19-17(20)11-13)14-5-7-15(8-6-14)18(2,3)4/h5-12H,1-4H3. The van der Waals surface area contributed by atoms with Crippen molar-refractivity contribution < 1.29 is 0 Å². The van der Waals surface area contributed by atoms with Crippen LogP contribution in [0.1, 0.15) is 31.9 Å². The van der Waals surface area contributed by atoms with Crippen LogP contribution < -0.4 is 0 Å². The van der Waals surface area contributed by atoms with Crippen LogP contribution >= 0.6 is 0 Å². The van der Waals surface area contributed by atoms with Crippen LogP contribution in [0.15, 0.2) is 48.8 Å². The monoisotopic (exact) mass is 264 g/mol. The molecule has 2 nitrogen and oxygen atoms in total. The van der Waals surface area contributed by atoms with Crippen molar-refractivity contribution in [1.82, 2.24) is 9.38 Å². The quantitative estimate of drug-likeness (QED) is 0.627. The van der Waals surface area contributed by atoms with E-state index in [4.69, 9.17) is 4.98 Å². The molecule has 0 aliphatic carbocycles. The van der Waals surface area contributed by atoms with Gasteiger partial charge >= 0.3 is 0 Å². The Morgan fingerprint density at radius 3 is 2.35 bits per heavy atom. The van der Waals surface area contributed by atoms with Crippen molar-refractivity contribution in [3.05, 3.63) is 59.9 Å². The van der Waals surface area contributed by atoms with Crippen molar-refractivity contribution in [2.45, 2.75) is 33.1 Å². The normalized spacial score (nSPS) is 12.0. The molecule has 0 bridgehead atoms. The van der Waals surface area contributed by atoms with Crippen molar-refractivity contribution in [3.8, 4) is 11.3 Å². The van der Waals surface area contributed by atoms with Crippen molar-refractivity contribution in [1.29, 1.82) is 0 Å². The second-order valence-electron chi connectivity index (χ2n) is 6.42. The van der Waals surface area contributed by atoms with Gasteiger partial charge in [0.15, 0.2) is 0 Å². The molecule has 0 aliphatic heterocycles. The molecule has 102 valence electrons. The molecule has 0 saturated carbocycles. The van der Waals surface area contributed by atoms with Gasteiger partial charge in [0.25, 0.3) is 0 Å². The number of rotatable bonds is 1. The topological polar surface area (TPSA) is 17.3 Å². The van der Waals surface area contributed by atoms with Crippen LogP contribution in [0.3, 0.4) is 0 Å². The molecule has 0 N–H and O–H groups in total. The zero-order valence-electron chi connectivity index (χ0n) is 12.5. The third-order valence-electron chi connectivity index (χ3n) is 3.66. The van der Waals surface area contributed by atoms with Gasteiger partial charge < -0.3 is 4.40 Å². The number of imidazole rings is 1. The van der Waals surface area contributed by atoms with Crippen LogP contribution in [-0.2, 0) is 5.41 Å². The Balaban J connectivity index is 2.02. The molecule has 0 spiro atoms. The first-order valence-electron chi connectivity index (χ1n) is 7.00. The van der Waals surface area contributed by atoms with E-state index in [1.54, 1.807) is 0 Å². The Kier molecular flexibility index (Phi) is 2.89. The molecule has 3 aromatic rings. The first kappa shape index (κ1) is 12.9. The number of aromatic nitrogens is 2. The molecule has 3 rings (SSSR count). The molecule has 20 heavy (non-hydrogen) atoms. The van der Waals surface area contributed by atoms with Crippen LogP contribution in [0.5, 0.6) is 0 Å². The summed E-state index contributed by atoms with van der Waals surface area (Å²) in [6, 6.07) is 12.9. The Labute approximate surface area is 120 Å². The lowest BCUT2D eigenvalue weighted by Gasteiger charge is -2.18. The van der Waals surface area contributed by atoms with Crippen LogP contribution in [0.2, 0.25) is 0 Å². The molecule has 2 heterocycles. The summed E-state index contributed by atoms with van der Waals surface area (Å²) >= 11 is 0. The van der Waals surface area contributed by atoms with Gasteiger partial charge in [0.1, 0.15) is 5.65 Å². The van der Waals surface area contributed by atoms with E-state index < -0.39 is 0 Å². The molecule has 0 saturated heterocycles. The highest BCUT2D eigenvalue weighted by atomic mass is 15.0.